The van der Waals surface area contributed by atoms with Gasteiger partial charge in [0.1, 0.15) is 5.82 Å². The zero-order valence-corrected chi connectivity index (χ0v) is 13.1. The molecule has 0 radical (unpaired) electrons. The molecule has 1 heterocycles. The fourth-order valence-electron chi connectivity index (χ4n) is 2.85. The fourth-order valence-corrected chi connectivity index (χ4v) is 4.16. The molecule has 3 rings (SSSR count). The van der Waals surface area contributed by atoms with Crippen LogP contribution in [0.15, 0.2) is 52.3 Å². The van der Waals surface area contributed by atoms with E-state index in [1.807, 2.05) is 0 Å². The van der Waals surface area contributed by atoms with Crippen molar-refractivity contribution in [1.82, 2.24) is 5.32 Å². The number of benzene rings is 2. The average molecular weight is 330 g/mol. The Morgan fingerprint density at radius 2 is 1.96 bits per heavy atom. The van der Waals surface area contributed by atoms with Crippen molar-refractivity contribution in [2.24, 2.45) is 0 Å². The molecular formula is C17H15FN2O2S. The van der Waals surface area contributed by atoms with E-state index in [4.69, 9.17) is 0 Å². The summed E-state index contributed by atoms with van der Waals surface area (Å²) in [7, 11) is -3.84. The van der Waals surface area contributed by atoms with Crippen molar-refractivity contribution in [1.29, 1.82) is 5.26 Å². The van der Waals surface area contributed by atoms with Crippen LogP contribution in [0.2, 0.25) is 0 Å². The highest BCUT2D eigenvalue weighted by Crippen LogP contribution is 2.29. The smallest absolute Gasteiger partial charge is 0.206 e. The van der Waals surface area contributed by atoms with E-state index < -0.39 is 15.7 Å². The van der Waals surface area contributed by atoms with Gasteiger partial charge in [-0.2, -0.15) is 5.26 Å². The van der Waals surface area contributed by atoms with Crippen LogP contribution >= 0.6 is 0 Å². The van der Waals surface area contributed by atoms with Crippen LogP contribution in [0.1, 0.15) is 23.5 Å². The summed E-state index contributed by atoms with van der Waals surface area (Å²) in [5.74, 6) is -0.393. The quantitative estimate of drug-likeness (QED) is 0.939. The van der Waals surface area contributed by atoms with E-state index in [1.165, 1.54) is 30.3 Å². The number of halogens is 1. The molecule has 0 saturated carbocycles. The first-order valence-electron chi connectivity index (χ1n) is 7.28. The second kappa shape index (κ2) is 6.11. The van der Waals surface area contributed by atoms with Crippen LogP contribution in [0.4, 0.5) is 4.39 Å². The molecule has 1 saturated heterocycles. The first-order chi connectivity index (χ1) is 11.0. The lowest BCUT2D eigenvalue weighted by atomic mass is 9.94. The molecule has 0 aliphatic carbocycles. The third-order valence-corrected chi connectivity index (χ3v) is 5.81. The summed E-state index contributed by atoms with van der Waals surface area (Å²) in [5, 5.41) is 12.6. The van der Waals surface area contributed by atoms with Gasteiger partial charge in [0.2, 0.25) is 9.84 Å². The topological polar surface area (TPSA) is 70.0 Å². The van der Waals surface area contributed by atoms with Crippen LogP contribution in [0.25, 0.3) is 0 Å². The van der Waals surface area contributed by atoms with Crippen LogP contribution in [-0.4, -0.2) is 21.5 Å². The molecule has 4 nitrogen and oxygen atoms in total. The minimum absolute atomic E-state index is 0.00866. The predicted molar refractivity (Wildman–Crippen MR) is 83.2 cm³/mol. The maximum atomic E-state index is 13.3. The molecular weight excluding hydrogens is 315 g/mol. The summed E-state index contributed by atoms with van der Waals surface area (Å²) in [5.41, 5.74) is 1.21. The molecule has 1 aliphatic heterocycles. The molecule has 1 fully saturated rings. The largest absolute Gasteiger partial charge is 0.316 e. The van der Waals surface area contributed by atoms with E-state index in [2.05, 4.69) is 11.4 Å². The van der Waals surface area contributed by atoms with Gasteiger partial charge in [-0.1, -0.05) is 12.1 Å². The average Bonchev–Trinajstić information content (AvgIpc) is 3.08. The highest BCUT2D eigenvalue weighted by molar-refractivity contribution is 7.91. The molecule has 2 aromatic rings. The number of nitrogens with zero attached hydrogens (tertiary/aromatic N) is 1. The number of hydrogen-bond donors (Lipinski definition) is 1. The van der Waals surface area contributed by atoms with Gasteiger partial charge in [0.15, 0.2) is 0 Å². The van der Waals surface area contributed by atoms with Gasteiger partial charge in [-0.15, -0.1) is 0 Å². The first-order valence-corrected chi connectivity index (χ1v) is 8.76. The summed E-state index contributed by atoms with van der Waals surface area (Å²) in [4.78, 5) is -0.106. The van der Waals surface area contributed by atoms with E-state index in [1.54, 1.807) is 6.07 Å². The lowest BCUT2D eigenvalue weighted by Crippen LogP contribution is -2.10. The van der Waals surface area contributed by atoms with Crippen molar-refractivity contribution in [3.63, 3.8) is 0 Å². The third kappa shape index (κ3) is 2.98. The van der Waals surface area contributed by atoms with E-state index in [-0.39, 0.29) is 15.7 Å². The summed E-state index contributed by atoms with van der Waals surface area (Å²) in [6.45, 7) is 1.67. The molecule has 1 atom stereocenters. The van der Waals surface area contributed by atoms with Crippen LogP contribution in [0, 0.1) is 17.1 Å². The van der Waals surface area contributed by atoms with E-state index in [0.29, 0.717) is 5.56 Å². The van der Waals surface area contributed by atoms with Gasteiger partial charge in [-0.3, -0.25) is 0 Å². The monoisotopic (exact) mass is 330 g/mol. The zero-order chi connectivity index (χ0) is 16.4. The molecule has 1 N–H and O–H groups in total. The Morgan fingerprint density at radius 3 is 2.61 bits per heavy atom. The molecule has 6 heteroatoms. The number of rotatable bonds is 3. The maximum Gasteiger partial charge on any atom is 0.206 e. The van der Waals surface area contributed by atoms with Gasteiger partial charge in [0.05, 0.1) is 21.4 Å². The molecule has 0 amide bonds. The van der Waals surface area contributed by atoms with Gasteiger partial charge in [0, 0.05) is 6.54 Å². The number of nitriles is 1. The Kier molecular flexibility index (Phi) is 4.16. The Labute approximate surface area is 134 Å². The summed E-state index contributed by atoms with van der Waals surface area (Å²) in [6.07, 6.45) is 0.921. The van der Waals surface area contributed by atoms with Gasteiger partial charge < -0.3 is 5.32 Å². The van der Waals surface area contributed by atoms with Crippen molar-refractivity contribution in [2.45, 2.75) is 22.1 Å². The van der Waals surface area contributed by atoms with Gasteiger partial charge in [-0.05, 0) is 54.8 Å². The summed E-state index contributed by atoms with van der Waals surface area (Å²) in [6, 6.07) is 11.5. The van der Waals surface area contributed by atoms with Crippen LogP contribution in [-0.2, 0) is 9.84 Å². The Bertz CT molecular complexity index is 882. The second-order valence-electron chi connectivity index (χ2n) is 5.51. The number of nitrogens with one attached hydrogen (secondary N) is 1. The van der Waals surface area contributed by atoms with Gasteiger partial charge in [0.25, 0.3) is 0 Å². The van der Waals surface area contributed by atoms with Gasteiger partial charge >= 0.3 is 0 Å². The highest BCUT2D eigenvalue weighted by Gasteiger charge is 2.23. The minimum atomic E-state index is -3.84. The molecule has 1 aliphatic rings. The van der Waals surface area contributed by atoms with Gasteiger partial charge in [-0.25, -0.2) is 12.8 Å². The molecule has 23 heavy (non-hydrogen) atoms. The van der Waals surface area contributed by atoms with Crippen LogP contribution < -0.4 is 5.32 Å². The Morgan fingerprint density at radius 1 is 1.17 bits per heavy atom. The zero-order valence-electron chi connectivity index (χ0n) is 12.3. The minimum Gasteiger partial charge on any atom is -0.316 e. The normalized spacial score (nSPS) is 17.8. The first kappa shape index (κ1) is 15.7. The summed E-state index contributed by atoms with van der Waals surface area (Å²) < 4.78 is 38.5. The predicted octanol–water partition coefficient (Wildman–Crippen LogP) is 2.61. The SMILES string of the molecule is N#Cc1cc(S(=O)(=O)c2cccc(F)c2)ccc1C1CCNC1. The van der Waals surface area contributed by atoms with E-state index in [0.717, 1.165) is 31.1 Å². The van der Waals surface area contributed by atoms with Crippen LogP contribution in [0.5, 0.6) is 0 Å². The van der Waals surface area contributed by atoms with Crippen molar-refractivity contribution in [3.8, 4) is 6.07 Å². The lowest BCUT2D eigenvalue weighted by molar-refractivity contribution is 0.590. The van der Waals surface area contributed by atoms with Crippen molar-refractivity contribution in [3.05, 3.63) is 59.4 Å². The number of hydrogen-bond acceptors (Lipinski definition) is 4. The molecule has 0 aromatic heterocycles. The Balaban J connectivity index is 2.05. The number of sulfone groups is 1. The van der Waals surface area contributed by atoms with Crippen molar-refractivity contribution >= 4 is 9.84 Å². The molecule has 0 bridgehead atoms. The van der Waals surface area contributed by atoms with E-state index in [9.17, 15) is 18.1 Å². The summed E-state index contributed by atoms with van der Waals surface area (Å²) >= 11 is 0. The second-order valence-corrected chi connectivity index (χ2v) is 7.46. The molecule has 0 spiro atoms. The molecule has 118 valence electrons. The molecule has 2 aromatic carbocycles. The standard InChI is InChI=1S/C17H15FN2O2S/c18-14-2-1-3-15(9-14)23(21,22)16-4-5-17(13(8-16)10-19)12-6-7-20-11-12/h1-5,8-9,12,20H,6-7,11H2. The lowest BCUT2D eigenvalue weighted by Gasteiger charge is -2.12. The van der Waals surface area contributed by atoms with E-state index >= 15 is 0 Å². The van der Waals surface area contributed by atoms with Crippen molar-refractivity contribution in [2.75, 3.05) is 13.1 Å². The third-order valence-electron chi connectivity index (χ3n) is 4.06. The molecule has 1 unspecified atom stereocenters. The van der Waals surface area contributed by atoms with Crippen LogP contribution in [0.3, 0.4) is 0 Å². The fraction of sp³-hybridized carbons (Fsp3) is 0.235. The maximum absolute atomic E-state index is 13.3. The van der Waals surface area contributed by atoms with Crippen molar-refractivity contribution < 1.29 is 12.8 Å². The Hall–Kier alpha value is -2.23. The highest BCUT2D eigenvalue weighted by atomic mass is 32.2.